The van der Waals surface area contributed by atoms with E-state index < -0.39 is 11.7 Å². The van der Waals surface area contributed by atoms with Gasteiger partial charge in [0.25, 0.3) is 0 Å². The molecule has 1 aromatic heterocycles. The minimum atomic E-state index is -4.43. The van der Waals surface area contributed by atoms with Gasteiger partial charge < -0.3 is 5.32 Å². The van der Waals surface area contributed by atoms with Gasteiger partial charge in [0, 0.05) is 12.6 Å². The molecule has 1 rings (SSSR count). The summed E-state index contributed by atoms with van der Waals surface area (Å²) in [5.74, 6) is 0.443. The van der Waals surface area contributed by atoms with Crippen molar-refractivity contribution >= 4 is 23.5 Å². The Kier molecular flexibility index (Phi) is 5.46. The highest BCUT2D eigenvalue weighted by Gasteiger charge is 2.30. The van der Waals surface area contributed by atoms with E-state index in [0.717, 1.165) is 24.1 Å². The van der Waals surface area contributed by atoms with E-state index in [4.69, 9.17) is 0 Å². The van der Waals surface area contributed by atoms with Crippen molar-refractivity contribution in [1.29, 1.82) is 0 Å². The third kappa shape index (κ3) is 4.95. The number of hydrogen-bond donors (Lipinski definition) is 1. The van der Waals surface area contributed by atoms with Crippen LogP contribution in [-0.2, 0) is 11.0 Å². The van der Waals surface area contributed by atoms with Gasteiger partial charge in [-0.15, -0.1) is 0 Å². The number of anilines is 1. The number of aromatic nitrogens is 1. The number of rotatable bonds is 5. The van der Waals surface area contributed by atoms with Crippen molar-refractivity contribution in [3.63, 3.8) is 0 Å². The highest BCUT2D eigenvalue weighted by molar-refractivity contribution is 7.98. The van der Waals surface area contributed by atoms with Gasteiger partial charge in [0.2, 0.25) is 5.91 Å². The van der Waals surface area contributed by atoms with Crippen molar-refractivity contribution in [2.45, 2.75) is 19.0 Å². The number of nitrogens with zero attached hydrogens (tertiary/aromatic N) is 1. The van der Waals surface area contributed by atoms with E-state index in [1.165, 1.54) is 0 Å². The van der Waals surface area contributed by atoms with Crippen LogP contribution in [0.4, 0.5) is 19.0 Å². The van der Waals surface area contributed by atoms with Crippen LogP contribution >= 0.6 is 11.8 Å². The number of amides is 1. The molecule has 1 heterocycles. The fourth-order valence-electron chi connectivity index (χ4n) is 1.26. The fraction of sp³-hybridized carbons (Fsp3) is 0.455. The van der Waals surface area contributed by atoms with Crippen LogP contribution in [0.2, 0.25) is 0 Å². The molecule has 1 N–H and O–H groups in total. The molecule has 0 aliphatic rings. The molecule has 0 spiro atoms. The Hall–Kier alpha value is -1.24. The van der Waals surface area contributed by atoms with Gasteiger partial charge in [-0.2, -0.15) is 24.9 Å². The summed E-state index contributed by atoms with van der Waals surface area (Å²) in [5, 5.41) is 2.35. The van der Waals surface area contributed by atoms with Gasteiger partial charge in [-0.1, -0.05) is 0 Å². The molecular formula is C11H13F3N2OS. The van der Waals surface area contributed by atoms with Crippen LogP contribution < -0.4 is 5.32 Å². The Bertz CT molecular complexity index is 410. The SMILES string of the molecule is CSCCCC(=O)Nc1cc(C(F)(F)F)ccn1. The van der Waals surface area contributed by atoms with E-state index in [-0.39, 0.29) is 18.1 Å². The minimum absolute atomic E-state index is 0.0704. The number of carbonyl (C=O) groups is 1. The summed E-state index contributed by atoms with van der Waals surface area (Å²) in [5.41, 5.74) is -0.822. The summed E-state index contributed by atoms with van der Waals surface area (Å²) in [6, 6.07) is 1.69. The average Bonchev–Trinajstić information content (AvgIpc) is 2.28. The molecule has 100 valence electrons. The lowest BCUT2D eigenvalue weighted by Crippen LogP contribution is -2.14. The normalized spacial score (nSPS) is 11.3. The number of halogens is 3. The molecule has 0 radical (unpaired) electrons. The number of carbonyl (C=O) groups excluding carboxylic acids is 1. The van der Waals surface area contributed by atoms with Crippen LogP contribution in [0.15, 0.2) is 18.3 Å². The van der Waals surface area contributed by atoms with Crippen molar-refractivity contribution in [3.05, 3.63) is 23.9 Å². The van der Waals surface area contributed by atoms with Crippen LogP contribution in [0, 0.1) is 0 Å². The summed E-state index contributed by atoms with van der Waals surface area (Å²) >= 11 is 1.61. The molecule has 0 unspecified atom stereocenters. The molecule has 18 heavy (non-hydrogen) atoms. The predicted octanol–water partition coefficient (Wildman–Crippen LogP) is 3.18. The Labute approximate surface area is 107 Å². The first-order chi connectivity index (χ1) is 8.43. The van der Waals surface area contributed by atoms with E-state index in [2.05, 4.69) is 10.3 Å². The van der Waals surface area contributed by atoms with Gasteiger partial charge in [-0.3, -0.25) is 4.79 Å². The van der Waals surface area contributed by atoms with Gasteiger partial charge in [0.1, 0.15) is 5.82 Å². The van der Waals surface area contributed by atoms with Crippen molar-refractivity contribution in [2.75, 3.05) is 17.3 Å². The lowest BCUT2D eigenvalue weighted by Gasteiger charge is -2.08. The van der Waals surface area contributed by atoms with Crippen LogP contribution in [0.25, 0.3) is 0 Å². The van der Waals surface area contributed by atoms with Crippen molar-refractivity contribution < 1.29 is 18.0 Å². The van der Waals surface area contributed by atoms with Gasteiger partial charge in [-0.05, 0) is 30.6 Å². The topological polar surface area (TPSA) is 42.0 Å². The minimum Gasteiger partial charge on any atom is -0.311 e. The molecular weight excluding hydrogens is 265 g/mol. The molecule has 1 amide bonds. The van der Waals surface area contributed by atoms with Gasteiger partial charge in [-0.25, -0.2) is 4.98 Å². The van der Waals surface area contributed by atoms with Gasteiger partial charge in [0.15, 0.2) is 0 Å². The van der Waals surface area contributed by atoms with Crippen LogP contribution in [0.3, 0.4) is 0 Å². The highest BCUT2D eigenvalue weighted by atomic mass is 32.2. The van der Waals surface area contributed by atoms with E-state index in [1.807, 2.05) is 6.26 Å². The first-order valence-corrected chi connectivity index (χ1v) is 6.65. The lowest BCUT2D eigenvalue weighted by atomic mass is 10.2. The molecule has 1 aromatic rings. The van der Waals surface area contributed by atoms with E-state index >= 15 is 0 Å². The number of alkyl halides is 3. The lowest BCUT2D eigenvalue weighted by molar-refractivity contribution is -0.137. The number of thioether (sulfide) groups is 1. The molecule has 0 aliphatic heterocycles. The second-order valence-corrected chi connectivity index (χ2v) is 4.56. The molecule has 0 aromatic carbocycles. The number of nitrogens with one attached hydrogen (secondary N) is 1. The summed E-state index contributed by atoms with van der Waals surface area (Å²) in [6.45, 7) is 0. The van der Waals surface area contributed by atoms with Gasteiger partial charge in [0.05, 0.1) is 5.56 Å². The van der Waals surface area contributed by atoms with E-state index in [9.17, 15) is 18.0 Å². The first-order valence-electron chi connectivity index (χ1n) is 5.25. The Balaban J connectivity index is 2.60. The second-order valence-electron chi connectivity index (χ2n) is 3.57. The Morgan fingerprint density at radius 1 is 1.50 bits per heavy atom. The first kappa shape index (κ1) is 14.8. The molecule has 0 bridgehead atoms. The van der Waals surface area contributed by atoms with Crippen molar-refractivity contribution in [3.8, 4) is 0 Å². The zero-order valence-electron chi connectivity index (χ0n) is 9.75. The molecule has 0 aliphatic carbocycles. The maximum absolute atomic E-state index is 12.4. The smallest absolute Gasteiger partial charge is 0.311 e. The zero-order chi connectivity index (χ0) is 13.6. The third-order valence-electron chi connectivity index (χ3n) is 2.11. The summed E-state index contributed by atoms with van der Waals surface area (Å²) in [6.07, 6.45) is -0.515. The molecule has 0 saturated heterocycles. The van der Waals surface area contributed by atoms with Gasteiger partial charge >= 0.3 is 6.18 Å². The van der Waals surface area contributed by atoms with Crippen LogP contribution in [-0.4, -0.2) is 22.9 Å². The second kappa shape index (κ2) is 6.63. The standard InChI is InChI=1S/C11H13F3N2OS/c1-18-6-2-3-10(17)16-9-7-8(4-5-15-9)11(12,13)14/h4-5,7H,2-3,6H2,1H3,(H,15,16,17). The molecule has 0 saturated carbocycles. The Morgan fingerprint density at radius 2 is 2.22 bits per heavy atom. The summed E-state index contributed by atoms with van der Waals surface area (Å²) in [7, 11) is 0. The maximum Gasteiger partial charge on any atom is 0.416 e. The quantitative estimate of drug-likeness (QED) is 0.841. The third-order valence-corrected chi connectivity index (χ3v) is 2.80. The molecule has 0 fully saturated rings. The average molecular weight is 278 g/mol. The van der Waals surface area contributed by atoms with E-state index in [1.54, 1.807) is 11.8 Å². The van der Waals surface area contributed by atoms with E-state index in [0.29, 0.717) is 6.42 Å². The summed E-state index contributed by atoms with van der Waals surface area (Å²) < 4.78 is 37.2. The predicted molar refractivity (Wildman–Crippen MR) is 65.5 cm³/mol. The van der Waals surface area contributed by atoms with Crippen molar-refractivity contribution in [1.82, 2.24) is 4.98 Å². The number of pyridine rings is 1. The van der Waals surface area contributed by atoms with Crippen molar-refractivity contribution in [2.24, 2.45) is 0 Å². The highest BCUT2D eigenvalue weighted by Crippen LogP contribution is 2.29. The maximum atomic E-state index is 12.4. The van der Waals surface area contributed by atoms with Crippen LogP contribution in [0.5, 0.6) is 0 Å². The number of hydrogen-bond acceptors (Lipinski definition) is 3. The molecule has 7 heteroatoms. The molecule has 0 atom stereocenters. The summed E-state index contributed by atoms with van der Waals surface area (Å²) in [4.78, 5) is 15.1. The molecule has 3 nitrogen and oxygen atoms in total. The largest absolute Gasteiger partial charge is 0.416 e. The Morgan fingerprint density at radius 3 is 2.83 bits per heavy atom. The van der Waals surface area contributed by atoms with Crippen LogP contribution in [0.1, 0.15) is 18.4 Å². The monoisotopic (exact) mass is 278 g/mol. The fourth-order valence-corrected chi connectivity index (χ4v) is 1.69. The zero-order valence-corrected chi connectivity index (χ0v) is 10.6.